The highest BCUT2D eigenvalue weighted by molar-refractivity contribution is 6.47. The molecular formula is C27H24ClN5O2. The molecule has 8 heteroatoms. The van der Waals surface area contributed by atoms with Crippen LogP contribution in [0.3, 0.4) is 0 Å². The van der Waals surface area contributed by atoms with Crippen molar-refractivity contribution in [1.29, 1.82) is 0 Å². The molecule has 1 atom stereocenters. The van der Waals surface area contributed by atoms with Crippen LogP contribution in [-0.2, 0) is 16.0 Å². The number of aliphatic imine (C=N–C) groups is 1. The van der Waals surface area contributed by atoms with Gasteiger partial charge in [0, 0.05) is 30.2 Å². The van der Waals surface area contributed by atoms with Crippen molar-refractivity contribution in [3.05, 3.63) is 83.6 Å². The van der Waals surface area contributed by atoms with E-state index < -0.39 is 11.8 Å². The molecular weight excluding hydrogens is 462 g/mol. The molecule has 7 nitrogen and oxygen atoms in total. The number of rotatable bonds is 3. The van der Waals surface area contributed by atoms with Gasteiger partial charge in [0.1, 0.15) is 5.65 Å². The van der Waals surface area contributed by atoms with Crippen molar-refractivity contribution < 1.29 is 9.59 Å². The van der Waals surface area contributed by atoms with Gasteiger partial charge in [0.25, 0.3) is 11.8 Å². The lowest BCUT2D eigenvalue weighted by Crippen LogP contribution is -2.33. The van der Waals surface area contributed by atoms with Crippen LogP contribution < -0.4 is 10.2 Å². The summed E-state index contributed by atoms with van der Waals surface area (Å²) in [6.07, 6.45) is 13.4. The summed E-state index contributed by atoms with van der Waals surface area (Å²) in [5, 5.41) is 2.50. The number of imidazole rings is 1. The van der Waals surface area contributed by atoms with Crippen molar-refractivity contribution in [3.8, 4) is 0 Å². The Kier molecular flexibility index (Phi) is 5.11. The van der Waals surface area contributed by atoms with Crippen molar-refractivity contribution in [2.75, 3.05) is 4.90 Å². The molecule has 0 saturated heterocycles. The van der Waals surface area contributed by atoms with Gasteiger partial charge in [-0.2, -0.15) is 0 Å². The molecule has 2 amide bonds. The van der Waals surface area contributed by atoms with Crippen LogP contribution in [0.2, 0.25) is 0 Å². The monoisotopic (exact) mass is 485 g/mol. The van der Waals surface area contributed by atoms with Crippen LogP contribution in [-0.4, -0.2) is 33.0 Å². The van der Waals surface area contributed by atoms with Crippen molar-refractivity contribution in [3.63, 3.8) is 0 Å². The molecule has 1 aromatic carbocycles. The zero-order chi connectivity index (χ0) is 22.8. The fourth-order valence-corrected chi connectivity index (χ4v) is 6.15. The molecule has 3 aliphatic heterocycles. The molecule has 1 aliphatic carbocycles. The van der Waals surface area contributed by atoms with E-state index in [9.17, 15) is 9.59 Å². The van der Waals surface area contributed by atoms with E-state index in [0.29, 0.717) is 40.2 Å². The summed E-state index contributed by atoms with van der Waals surface area (Å²) < 4.78 is 1.83. The van der Waals surface area contributed by atoms with E-state index in [0.717, 1.165) is 17.7 Å². The fourth-order valence-electron chi connectivity index (χ4n) is 6.15. The third-order valence-corrected chi connectivity index (χ3v) is 7.64. The minimum Gasteiger partial charge on any atom is -0.342 e. The molecule has 176 valence electrons. The van der Waals surface area contributed by atoms with Crippen molar-refractivity contribution >= 4 is 46.8 Å². The normalized spacial score (nSPS) is 21.3. The van der Waals surface area contributed by atoms with Crippen LogP contribution in [0.25, 0.3) is 11.2 Å². The first-order chi connectivity index (χ1) is 16.7. The number of pyridine rings is 1. The van der Waals surface area contributed by atoms with Crippen LogP contribution >= 0.6 is 12.4 Å². The van der Waals surface area contributed by atoms with Gasteiger partial charge >= 0.3 is 0 Å². The molecule has 1 N–H and O–H groups in total. The van der Waals surface area contributed by atoms with Gasteiger partial charge in [-0.25, -0.2) is 4.98 Å². The topological polar surface area (TPSA) is 79.1 Å². The third kappa shape index (κ3) is 3.18. The maximum atomic E-state index is 13.2. The molecule has 5 heterocycles. The van der Waals surface area contributed by atoms with Crippen molar-refractivity contribution in [2.24, 2.45) is 10.9 Å². The second-order valence-corrected chi connectivity index (χ2v) is 9.42. The Bertz CT molecular complexity index is 1480. The highest BCUT2D eigenvalue weighted by atomic mass is 35.5. The number of nitrogens with one attached hydrogen (secondary N) is 1. The summed E-state index contributed by atoms with van der Waals surface area (Å²) in [6.45, 7) is 0. The molecule has 7 rings (SSSR count). The van der Waals surface area contributed by atoms with E-state index in [-0.39, 0.29) is 12.4 Å². The molecule has 4 aliphatic rings. The number of fused-ring (bicyclic) bond motifs is 1. The van der Waals surface area contributed by atoms with Crippen LogP contribution in [0.1, 0.15) is 42.5 Å². The zero-order valence-electron chi connectivity index (χ0n) is 19.0. The maximum absolute atomic E-state index is 13.2. The number of benzene rings is 1. The van der Waals surface area contributed by atoms with E-state index in [1.165, 1.54) is 31.2 Å². The highest BCUT2D eigenvalue weighted by Gasteiger charge is 2.41. The SMILES string of the molecule is Cl.O=C1NC(=O)C(c2cnc3ccccn23)=C1C1=NC=CN2c3c(cccc31)CC2C1CCCC1. The number of aromatic nitrogens is 2. The van der Waals surface area contributed by atoms with E-state index in [1.807, 2.05) is 40.9 Å². The van der Waals surface area contributed by atoms with Gasteiger partial charge in [0.2, 0.25) is 0 Å². The quantitative estimate of drug-likeness (QED) is 0.567. The van der Waals surface area contributed by atoms with Crippen LogP contribution in [0.4, 0.5) is 5.69 Å². The number of hydrogen-bond donors (Lipinski definition) is 1. The number of anilines is 1. The molecule has 35 heavy (non-hydrogen) atoms. The number of imide groups is 1. The van der Waals surface area contributed by atoms with E-state index in [1.54, 1.807) is 12.4 Å². The van der Waals surface area contributed by atoms with Gasteiger partial charge < -0.3 is 4.90 Å². The summed E-state index contributed by atoms with van der Waals surface area (Å²) in [4.78, 5) is 37.7. The molecule has 1 fully saturated rings. The van der Waals surface area contributed by atoms with Crippen LogP contribution in [0.15, 0.2) is 71.8 Å². The largest absolute Gasteiger partial charge is 0.342 e. The highest BCUT2D eigenvalue weighted by Crippen LogP contribution is 2.44. The van der Waals surface area contributed by atoms with Gasteiger partial charge in [-0.15, -0.1) is 12.4 Å². The van der Waals surface area contributed by atoms with Crippen LogP contribution in [0.5, 0.6) is 0 Å². The summed E-state index contributed by atoms with van der Waals surface area (Å²) in [5.74, 6) is -0.181. The maximum Gasteiger partial charge on any atom is 0.261 e. The van der Waals surface area contributed by atoms with Crippen molar-refractivity contribution in [2.45, 2.75) is 38.1 Å². The number of carbonyl (C=O) groups excluding carboxylic acids is 2. The zero-order valence-corrected chi connectivity index (χ0v) is 19.8. The van der Waals surface area contributed by atoms with Gasteiger partial charge in [-0.3, -0.25) is 24.3 Å². The number of hydrogen-bond acceptors (Lipinski definition) is 5. The second-order valence-electron chi connectivity index (χ2n) is 9.42. The first kappa shape index (κ1) is 21.8. The average Bonchev–Trinajstić information content (AvgIpc) is 3.60. The summed E-state index contributed by atoms with van der Waals surface area (Å²) in [5.41, 5.74) is 5.73. The fraction of sp³-hybridized carbons (Fsp3) is 0.259. The average molecular weight is 486 g/mol. The Hall–Kier alpha value is -3.71. The van der Waals surface area contributed by atoms with Crippen LogP contribution in [0, 0.1) is 5.92 Å². The first-order valence-corrected chi connectivity index (χ1v) is 11.9. The standard InChI is InChI=1S/C27H23N5O2.ClH/c33-26-22(20-15-29-21-10-3-4-12-31(20)21)23(27(34)30-26)24-18-9-5-8-17-14-19(16-6-1-2-7-16)32(25(17)18)13-11-28-24;/h3-5,8-13,15-16,19H,1-2,6-7,14H2,(H,30,33,34);1H. The Labute approximate surface area is 208 Å². The Morgan fingerprint density at radius 3 is 2.66 bits per heavy atom. The predicted octanol–water partition coefficient (Wildman–Crippen LogP) is 4.06. The lowest BCUT2D eigenvalue weighted by Gasteiger charge is -2.29. The second kappa shape index (κ2) is 8.20. The molecule has 1 saturated carbocycles. The Morgan fingerprint density at radius 2 is 1.80 bits per heavy atom. The smallest absolute Gasteiger partial charge is 0.261 e. The number of carbonyl (C=O) groups is 2. The summed E-state index contributed by atoms with van der Waals surface area (Å²) in [7, 11) is 0. The molecule has 3 aromatic rings. The third-order valence-electron chi connectivity index (χ3n) is 7.64. The van der Waals surface area contributed by atoms with E-state index >= 15 is 0 Å². The lowest BCUT2D eigenvalue weighted by molar-refractivity contribution is -0.123. The molecule has 0 radical (unpaired) electrons. The minimum atomic E-state index is -0.422. The Balaban J connectivity index is 0.00000229. The molecule has 0 bridgehead atoms. The first-order valence-electron chi connectivity index (χ1n) is 11.9. The van der Waals surface area contributed by atoms with Crippen molar-refractivity contribution in [1.82, 2.24) is 14.7 Å². The summed E-state index contributed by atoms with van der Waals surface area (Å²) >= 11 is 0. The molecule has 2 aromatic heterocycles. The van der Waals surface area contributed by atoms with Gasteiger partial charge in [-0.05, 0) is 42.9 Å². The minimum absolute atomic E-state index is 0. The van der Waals surface area contributed by atoms with E-state index in [4.69, 9.17) is 4.99 Å². The number of amides is 2. The van der Waals surface area contributed by atoms with Gasteiger partial charge in [-0.1, -0.05) is 37.1 Å². The summed E-state index contributed by atoms with van der Waals surface area (Å²) in [6, 6.07) is 12.3. The van der Waals surface area contributed by atoms with E-state index in [2.05, 4.69) is 27.5 Å². The predicted molar refractivity (Wildman–Crippen MR) is 137 cm³/mol. The molecule has 1 unspecified atom stereocenters. The molecule has 0 spiro atoms. The number of para-hydroxylation sites is 1. The van der Waals surface area contributed by atoms with Gasteiger partial charge in [0.05, 0.1) is 34.4 Å². The van der Waals surface area contributed by atoms with Gasteiger partial charge in [0.15, 0.2) is 0 Å². The Morgan fingerprint density at radius 1 is 0.971 bits per heavy atom. The number of halogens is 1. The number of nitrogens with zero attached hydrogens (tertiary/aromatic N) is 4. The lowest BCUT2D eigenvalue weighted by atomic mass is 9.93.